The van der Waals surface area contributed by atoms with Crippen LogP contribution >= 0.6 is 0 Å². The molecule has 0 radical (unpaired) electrons. The van der Waals surface area contributed by atoms with E-state index in [4.69, 9.17) is 10.4 Å². The predicted molar refractivity (Wildman–Crippen MR) is 70.7 cm³/mol. The average Bonchev–Trinajstić information content (AvgIpc) is 2.46. The van der Waals surface area contributed by atoms with E-state index in [9.17, 15) is 4.79 Å². The Morgan fingerprint density at radius 1 is 1.63 bits per heavy atom. The molecule has 1 aromatic heterocycles. The fraction of sp³-hybridized carbons (Fsp3) is 0.500. The lowest BCUT2D eigenvalue weighted by Gasteiger charge is -2.38. The van der Waals surface area contributed by atoms with Crippen molar-refractivity contribution in [2.24, 2.45) is 5.92 Å². The number of rotatable bonds is 3. The molecule has 5 nitrogen and oxygen atoms in total. The van der Waals surface area contributed by atoms with Crippen LogP contribution in [0.25, 0.3) is 0 Å². The molecule has 1 aromatic rings. The van der Waals surface area contributed by atoms with Gasteiger partial charge in [0, 0.05) is 18.8 Å². The maximum Gasteiger partial charge on any atom is 0.306 e. The lowest BCUT2D eigenvalue weighted by Crippen LogP contribution is -2.44. The Labute approximate surface area is 112 Å². The average molecular weight is 259 g/mol. The largest absolute Gasteiger partial charge is 0.481 e. The second kappa shape index (κ2) is 5.70. The zero-order chi connectivity index (χ0) is 13.8. The maximum atomic E-state index is 11.1. The first-order valence-electron chi connectivity index (χ1n) is 6.51. The highest BCUT2D eigenvalue weighted by molar-refractivity contribution is 5.70. The quantitative estimate of drug-likeness (QED) is 0.898. The maximum absolute atomic E-state index is 11.1. The number of anilines is 1. The summed E-state index contributed by atoms with van der Waals surface area (Å²) >= 11 is 0. The van der Waals surface area contributed by atoms with E-state index < -0.39 is 5.97 Å². The highest BCUT2D eigenvalue weighted by Crippen LogP contribution is 2.28. The Morgan fingerprint density at radius 2 is 2.42 bits per heavy atom. The molecule has 2 rings (SSSR count). The first kappa shape index (κ1) is 13.3. The van der Waals surface area contributed by atoms with Crippen LogP contribution in [0.4, 0.5) is 5.82 Å². The Bertz CT molecular complexity index is 492. The van der Waals surface area contributed by atoms with Crippen LogP contribution in [0, 0.1) is 17.2 Å². The van der Waals surface area contributed by atoms with Crippen molar-refractivity contribution in [1.29, 1.82) is 5.26 Å². The van der Waals surface area contributed by atoms with Crippen LogP contribution in [-0.4, -0.2) is 28.6 Å². The van der Waals surface area contributed by atoms with E-state index in [2.05, 4.69) is 16.8 Å². The van der Waals surface area contributed by atoms with Gasteiger partial charge in [-0.05, 0) is 31.4 Å². The number of carboxylic acids is 1. The second-order valence-corrected chi connectivity index (χ2v) is 4.83. The molecule has 1 N–H and O–H groups in total. The van der Waals surface area contributed by atoms with Gasteiger partial charge in [0.25, 0.3) is 0 Å². The molecule has 2 atom stereocenters. The molecule has 1 aliphatic heterocycles. The normalized spacial score (nSPS) is 22.8. The van der Waals surface area contributed by atoms with Crippen LogP contribution in [0.3, 0.4) is 0 Å². The summed E-state index contributed by atoms with van der Waals surface area (Å²) in [6, 6.07) is 5.83. The first-order chi connectivity index (χ1) is 9.15. The molecule has 0 aromatic carbocycles. The number of pyridine rings is 1. The van der Waals surface area contributed by atoms with Crippen molar-refractivity contribution in [3.63, 3.8) is 0 Å². The molecular weight excluding hydrogens is 242 g/mol. The minimum Gasteiger partial charge on any atom is -0.481 e. The third-order valence-corrected chi connectivity index (χ3v) is 3.71. The fourth-order valence-electron chi connectivity index (χ4n) is 2.59. The zero-order valence-electron chi connectivity index (χ0n) is 10.9. The van der Waals surface area contributed by atoms with Crippen LogP contribution in [-0.2, 0) is 4.79 Å². The monoisotopic (exact) mass is 259 g/mol. The van der Waals surface area contributed by atoms with Crippen molar-refractivity contribution in [2.45, 2.75) is 32.2 Å². The van der Waals surface area contributed by atoms with Crippen LogP contribution < -0.4 is 4.90 Å². The SMILES string of the molecule is CCC1CC(C(=O)O)CCN1c1ccc(C#N)cn1. The van der Waals surface area contributed by atoms with E-state index in [1.54, 1.807) is 12.3 Å². The molecule has 0 amide bonds. The summed E-state index contributed by atoms with van der Waals surface area (Å²) in [6.07, 6.45) is 3.76. The molecule has 1 saturated heterocycles. The minimum atomic E-state index is -0.703. The number of nitriles is 1. The molecular formula is C14H17N3O2. The summed E-state index contributed by atoms with van der Waals surface area (Å²) in [4.78, 5) is 17.5. The lowest BCUT2D eigenvalue weighted by atomic mass is 9.89. The summed E-state index contributed by atoms with van der Waals surface area (Å²) in [6.45, 7) is 2.76. The number of aliphatic carboxylic acids is 1. The van der Waals surface area contributed by atoms with Gasteiger partial charge in [-0.2, -0.15) is 5.26 Å². The first-order valence-corrected chi connectivity index (χ1v) is 6.51. The van der Waals surface area contributed by atoms with Gasteiger partial charge < -0.3 is 10.0 Å². The summed E-state index contributed by atoms with van der Waals surface area (Å²) in [5.74, 6) is -0.125. The summed E-state index contributed by atoms with van der Waals surface area (Å²) in [5, 5.41) is 17.9. The van der Waals surface area contributed by atoms with E-state index in [0.29, 0.717) is 24.9 Å². The Balaban J connectivity index is 2.15. The number of carbonyl (C=O) groups is 1. The van der Waals surface area contributed by atoms with Crippen molar-refractivity contribution < 1.29 is 9.90 Å². The van der Waals surface area contributed by atoms with E-state index in [1.807, 2.05) is 12.1 Å². The number of hydrogen-bond donors (Lipinski definition) is 1. The fourth-order valence-corrected chi connectivity index (χ4v) is 2.59. The third kappa shape index (κ3) is 2.84. The lowest BCUT2D eigenvalue weighted by molar-refractivity contribution is -0.142. The van der Waals surface area contributed by atoms with Gasteiger partial charge in [-0.15, -0.1) is 0 Å². The molecule has 0 aliphatic carbocycles. The Kier molecular flexibility index (Phi) is 4.00. The highest BCUT2D eigenvalue weighted by Gasteiger charge is 2.31. The van der Waals surface area contributed by atoms with Gasteiger partial charge >= 0.3 is 5.97 Å². The van der Waals surface area contributed by atoms with Crippen LogP contribution in [0.5, 0.6) is 0 Å². The Morgan fingerprint density at radius 3 is 2.95 bits per heavy atom. The topological polar surface area (TPSA) is 77.2 Å². The van der Waals surface area contributed by atoms with Crippen LogP contribution in [0.15, 0.2) is 18.3 Å². The number of hydrogen-bond acceptors (Lipinski definition) is 4. The number of piperidine rings is 1. The van der Waals surface area contributed by atoms with Gasteiger partial charge in [0.1, 0.15) is 11.9 Å². The van der Waals surface area contributed by atoms with Crippen LogP contribution in [0.1, 0.15) is 31.7 Å². The number of aromatic nitrogens is 1. The summed E-state index contributed by atoms with van der Waals surface area (Å²) < 4.78 is 0. The third-order valence-electron chi connectivity index (χ3n) is 3.71. The molecule has 2 heterocycles. The van der Waals surface area contributed by atoms with Gasteiger partial charge in [-0.25, -0.2) is 4.98 Å². The molecule has 0 saturated carbocycles. The molecule has 100 valence electrons. The Hall–Kier alpha value is -2.09. The van der Waals surface area contributed by atoms with Gasteiger partial charge in [0.15, 0.2) is 0 Å². The van der Waals surface area contributed by atoms with Crippen molar-refractivity contribution in [2.75, 3.05) is 11.4 Å². The summed E-state index contributed by atoms with van der Waals surface area (Å²) in [7, 11) is 0. The molecule has 2 unspecified atom stereocenters. The molecule has 0 spiro atoms. The minimum absolute atomic E-state index is 0.204. The van der Waals surface area contributed by atoms with E-state index in [-0.39, 0.29) is 12.0 Å². The smallest absolute Gasteiger partial charge is 0.306 e. The zero-order valence-corrected chi connectivity index (χ0v) is 10.9. The van der Waals surface area contributed by atoms with E-state index >= 15 is 0 Å². The van der Waals surface area contributed by atoms with Crippen LogP contribution in [0.2, 0.25) is 0 Å². The predicted octanol–water partition coefficient (Wildman–Crippen LogP) is 2.03. The number of carboxylic acid groups (broad SMARTS) is 1. The molecule has 1 fully saturated rings. The van der Waals surface area contributed by atoms with Crippen molar-refractivity contribution in [1.82, 2.24) is 4.98 Å². The van der Waals surface area contributed by atoms with Gasteiger partial charge in [-0.1, -0.05) is 6.92 Å². The standard InChI is InChI=1S/C14H17N3O2/c1-2-12-7-11(14(18)19)5-6-17(12)13-4-3-10(8-15)9-16-13/h3-4,9,11-12H,2,5-7H2,1H3,(H,18,19). The van der Waals surface area contributed by atoms with Gasteiger partial charge in [0.05, 0.1) is 11.5 Å². The van der Waals surface area contributed by atoms with Crippen molar-refractivity contribution in [3.05, 3.63) is 23.9 Å². The van der Waals surface area contributed by atoms with Crippen molar-refractivity contribution >= 4 is 11.8 Å². The number of nitrogens with zero attached hydrogens (tertiary/aromatic N) is 3. The summed E-state index contributed by atoms with van der Waals surface area (Å²) in [5.41, 5.74) is 0.539. The van der Waals surface area contributed by atoms with Crippen molar-refractivity contribution in [3.8, 4) is 6.07 Å². The molecule has 0 bridgehead atoms. The second-order valence-electron chi connectivity index (χ2n) is 4.83. The van der Waals surface area contributed by atoms with E-state index in [0.717, 1.165) is 12.2 Å². The molecule has 19 heavy (non-hydrogen) atoms. The van der Waals surface area contributed by atoms with Gasteiger partial charge in [-0.3, -0.25) is 4.79 Å². The van der Waals surface area contributed by atoms with E-state index in [1.165, 1.54) is 0 Å². The highest BCUT2D eigenvalue weighted by atomic mass is 16.4. The van der Waals surface area contributed by atoms with Gasteiger partial charge in [0.2, 0.25) is 0 Å². The molecule has 1 aliphatic rings. The molecule has 5 heteroatoms.